The Bertz CT molecular complexity index is 1310. The first-order chi connectivity index (χ1) is 17.3. The summed E-state index contributed by atoms with van der Waals surface area (Å²) in [6.45, 7) is 7.25. The van der Waals surface area contributed by atoms with Crippen molar-refractivity contribution >= 4 is 34.6 Å². The van der Waals surface area contributed by atoms with E-state index in [2.05, 4.69) is 20.4 Å². The molecule has 3 aromatic rings. The molecule has 1 aromatic carbocycles. The van der Waals surface area contributed by atoms with Crippen molar-refractivity contribution in [3.05, 3.63) is 46.2 Å². The van der Waals surface area contributed by atoms with Gasteiger partial charge in [-0.15, -0.1) is 15.3 Å². The number of primary amides is 1. The minimum atomic E-state index is -0.793. The Labute approximate surface area is 209 Å². The minimum Gasteiger partial charge on any atom is -0.368 e. The summed E-state index contributed by atoms with van der Waals surface area (Å²) >= 11 is 0. The molecule has 0 spiro atoms. The number of nitrogens with one attached hydrogen (secondary N) is 1. The molecule has 1 aliphatic carbocycles. The number of aromatic nitrogens is 4. The number of hydroxylamine groups is 2. The molecule has 2 aliphatic rings. The lowest BCUT2D eigenvalue weighted by molar-refractivity contribution is -0.155. The molecule has 1 amide bonds. The van der Waals surface area contributed by atoms with E-state index in [-0.39, 0.29) is 23.7 Å². The van der Waals surface area contributed by atoms with Crippen molar-refractivity contribution in [2.45, 2.75) is 64.6 Å². The molecule has 190 valence electrons. The average molecular weight is 493 g/mol. The molecule has 3 N–H and O–H groups in total. The Morgan fingerprint density at radius 2 is 1.75 bits per heavy atom. The molecule has 1 aliphatic heterocycles. The molecule has 36 heavy (non-hydrogen) atoms. The number of anilines is 3. The van der Waals surface area contributed by atoms with Gasteiger partial charge in [0.15, 0.2) is 5.65 Å². The van der Waals surface area contributed by atoms with E-state index < -0.39 is 6.09 Å². The quantitative estimate of drug-likeness (QED) is 0.551. The van der Waals surface area contributed by atoms with Crippen LogP contribution in [-0.4, -0.2) is 56.1 Å². The molecule has 0 radical (unpaired) electrons. The zero-order valence-corrected chi connectivity index (χ0v) is 20.8. The van der Waals surface area contributed by atoms with E-state index >= 15 is 0 Å². The van der Waals surface area contributed by atoms with E-state index in [4.69, 9.17) is 15.6 Å². The molecule has 2 unspecified atom stereocenters. The molecular formula is C25H32N8O3. The fraction of sp³-hybridized carbons (Fsp3) is 0.480. The highest BCUT2D eigenvalue weighted by Crippen LogP contribution is 2.31. The Morgan fingerprint density at radius 1 is 1.08 bits per heavy atom. The number of nitrogens with two attached hydrogens (primary N) is 1. The van der Waals surface area contributed by atoms with Gasteiger partial charge >= 0.3 is 6.09 Å². The number of pyridine rings is 1. The van der Waals surface area contributed by atoms with E-state index in [9.17, 15) is 9.59 Å². The highest BCUT2D eigenvalue weighted by Gasteiger charge is 2.32. The van der Waals surface area contributed by atoms with Crippen molar-refractivity contribution in [1.29, 1.82) is 0 Å². The zero-order valence-electron chi connectivity index (χ0n) is 20.8. The number of carbonyl (C=O) groups is 1. The SMILES string of the molecule is Cc1cc(=O)n(C2CCCC2)c2nc(Nc3ccc(N4CC(C)N(OC(N)=O)C(C)C4)cc3)nnc12. The van der Waals surface area contributed by atoms with Gasteiger partial charge in [0.05, 0.1) is 12.1 Å². The summed E-state index contributed by atoms with van der Waals surface area (Å²) in [6, 6.07) is 9.76. The van der Waals surface area contributed by atoms with Gasteiger partial charge in [0, 0.05) is 36.6 Å². The first kappa shape index (κ1) is 24.0. The topological polar surface area (TPSA) is 132 Å². The number of hydrogen-bond donors (Lipinski definition) is 2. The molecule has 1 saturated heterocycles. The van der Waals surface area contributed by atoms with Crippen LogP contribution in [-0.2, 0) is 4.84 Å². The number of hydrogen-bond acceptors (Lipinski definition) is 9. The van der Waals surface area contributed by atoms with Crippen LogP contribution >= 0.6 is 0 Å². The number of rotatable bonds is 5. The van der Waals surface area contributed by atoms with E-state index in [1.165, 1.54) is 0 Å². The third-order valence-corrected chi connectivity index (χ3v) is 7.06. The van der Waals surface area contributed by atoms with Gasteiger partial charge in [-0.1, -0.05) is 12.8 Å². The summed E-state index contributed by atoms with van der Waals surface area (Å²) in [5.41, 5.74) is 9.07. The van der Waals surface area contributed by atoms with Crippen molar-refractivity contribution in [2.75, 3.05) is 23.3 Å². The Hall–Kier alpha value is -3.73. The van der Waals surface area contributed by atoms with Gasteiger partial charge in [0.25, 0.3) is 5.56 Å². The van der Waals surface area contributed by atoms with Crippen LogP contribution in [0.2, 0.25) is 0 Å². The maximum atomic E-state index is 12.8. The van der Waals surface area contributed by atoms with Crippen LogP contribution in [0.15, 0.2) is 35.1 Å². The van der Waals surface area contributed by atoms with Crippen LogP contribution in [0, 0.1) is 6.92 Å². The van der Waals surface area contributed by atoms with Gasteiger partial charge in [-0.25, -0.2) is 4.79 Å². The average Bonchev–Trinajstić information content (AvgIpc) is 3.36. The summed E-state index contributed by atoms with van der Waals surface area (Å²) < 4.78 is 1.79. The van der Waals surface area contributed by atoms with Gasteiger partial charge in [0.1, 0.15) is 5.52 Å². The van der Waals surface area contributed by atoms with Gasteiger partial charge in [-0.3, -0.25) is 9.36 Å². The number of benzene rings is 1. The molecule has 0 bridgehead atoms. The highest BCUT2D eigenvalue weighted by molar-refractivity contribution is 5.75. The van der Waals surface area contributed by atoms with Crippen molar-refractivity contribution < 1.29 is 9.63 Å². The molecule has 5 rings (SSSR count). The van der Waals surface area contributed by atoms with E-state index in [1.807, 2.05) is 45.0 Å². The lowest BCUT2D eigenvalue weighted by Crippen LogP contribution is -2.57. The summed E-state index contributed by atoms with van der Waals surface area (Å²) in [6.07, 6.45) is 3.40. The van der Waals surface area contributed by atoms with Gasteiger partial charge < -0.3 is 20.8 Å². The number of carbonyl (C=O) groups excluding carboxylic acids is 1. The smallest absolute Gasteiger partial charge is 0.368 e. The van der Waals surface area contributed by atoms with Crippen LogP contribution in [0.5, 0.6) is 0 Å². The van der Waals surface area contributed by atoms with Crippen LogP contribution in [0.25, 0.3) is 11.2 Å². The summed E-state index contributed by atoms with van der Waals surface area (Å²) in [7, 11) is 0. The summed E-state index contributed by atoms with van der Waals surface area (Å²) in [4.78, 5) is 36.2. The Kier molecular flexibility index (Phi) is 6.48. The highest BCUT2D eigenvalue weighted by atomic mass is 16.7. The molecule has 11 heteroatoms. The monoisotopic (exact) mass is 492 g/mol. The zero-order chi connectivity index (χ0) is 25.4. The Morgan fingerprint density at radius 3 is 2.39 bits per heavy atom. The molecular weight excluding hydrogens is 460 g/mol. The van der Waals surface area contributed by atoms with E-state index in [1.54, 1.807) is 15.7 Å². The van der Waals surface area contributed by atoms with Gasteiger partial charge in [-0.05, 0) is 63.4 Å². The number of piperazine rings is 1. The fourth-order valence-corrected chi connectivity index (χ4v) is 5.42. The lowest BCUT2D eigenvalue weighted by atomic mass is 10.1. The standard InChI is InChI=1S/C25H32N8O3/c1-15-12-21(34)32(20-6-4-5-7-20)23-22(15)29-30-25(28-23)27-18-8-10-19(11-9-18)31-13-16(2)33(17(3)14-31)36-24(26)35/h8-12,16-17,20H,4-7,13-14H2,1-3H3,(H2,26,35)(H,27,28,30). The predicted octanol–water partition coefficient (Wildman–Crippen LogP) is 3.26. The first-order valence-electron chi connectivity index (χ1n) is 12.4. The number of aryl methyl sites for hydroxylation is 1. The third-order valence-electron chi connectivity index (χ3n) is 7.06. The van der Waals surface area contributed by atoms with Crippen molar-refractivity contribution in [1.82, 2.24) is 24.8 Å². The maximum absolute atomic E-state index is 12.8. The molecule has 2 atom stereocenters. The second-order valence-corrected chi connectivity index (χ2v) is 9.83. The summed E-state index contributed by atoms with van der Waals surface area (Å²) in [5.74, 6) is 0.353. The van der Waals surface area contributed by atoms with Gasteiger partial charge in [0.2, 0.25) is 5.95 Å². The number of fused-ring (bicyclic) bond motifs is 1. The van der Waals surface area contributed by atoms with Crippen molar-refractivity contribution in [3.63, 3.8) is 0 Å². The maximum Gasteiger partial charge on any atom is 0.423 e. The molecule has 1 saturated carbocycles. The molecule has 3 heterocycles. The van der Waals surface area contributed by atoms with Crippen LogP contribution in [0.1, 0.15) is 51.1 Å². The van der Waals surface area contributed by atoms with Crippen molar-refractivity contribution in [3.8, 4) is 0 Å². The number of amides is 1. The molecule has 2 aromatic heterocycles. The molecule has 2 fully saturated rings. The largest absolute Gasteiger partial charge is 0.423 e. The molecule has 11 nitrogen and oxygen atoms in total. The van der Waals surface area contributed by atoms with Crippen molar-refractivity contribution in [2.24, 2.45) is 5.73 Å². The fourth-order valence-electron chi connectivity index (χ4n) is 5.42. The third kappa shape index (κ3) is 4.70. The van der Waals surface area contributed by atoms with E-state index in [0.29, 0.717) is 30.2 Å². The lowest BCUT2D eigenvalue weighted by Gasteiger charge is -2.43. The second-order valence-electron chi connectivity index (χ2n) is 9.83. The van der Waals surface area contributed by atoms with Crippen LogP contribution in [0.4, 0.5) is 22.1 Å². The first-order valence-corrected chi connectivity index (χ1v) is 12.4. The second kappa shape index (κ2) is 9.73. The van der Waals surface area contributed by atoms with Crippen LogP contribution < -0.4 is 21.5 Å². The van der Waals surface area contributed by atoms with Crippen LogP contribution in [0.3, 0.4) is 0 Å². The van der Waals surface area contributed by atoms with E-state index in [0.717, 1.165) is 42.6 Å². The Balaban J connectivity index is 1.35. The number of nitrogens with zero attached hydrogens (tertiary/aromatic N) is 6. The van der Waals surface area contributed by atoms with Gasteiger partial charge in [-0.2, -0.15) is 4.98 Å². The minimum absolute atomic E-state index is 0.00273. The predicted molar refractivity (Wildman–Crippen MR) is 137 cm³/mol. The summed E-state index contributed by atoms with van der Waals surface area (Å²) in [5, 5.41) is 13.6. The normalized spacial score (nSPS) is 21.1.